The molecule has 2 aliphatic carbocycles. The van der Waals surface area contributed by atoms with Crippen LogP contribution in [0.1, 0.15) is 15.9 Å². The second-order valence-electron chi connectivity index (χ2n) is 11.8. The number of hydrogen-bond acceptors (Lipinski definition) is 21. The molecule has 0 unspecified atom stereocenters. The third-order valence-electron chi connectivity index (χ3n) is 7.85. The number of hydrazone groups is 2. The number of fused-ring (bicyclic) bond motifs is 1. The van der Waals surface area contributed by atoms with Gasteiger partial charge in [0.2, 0.25) is 11.6 Å². The number of Topliss-reactive ketones (excluding diaryl/α,β-unsaturated/α-hetero) is 1. The molecule has 296 valence electrons. The van der Waals surface area contributed by atoms with Gasteiger partial charge in [0.1, 0.15) is 53.2 Å². The van der Waals surface area contributed by atoms with E-state index in [9.17, 15) is 48.5 Å². The topological polar surface area (TPSA) is 356 Å². The molecule has 0 aromatic heterocycles. The minimum Gasteiger partial charge on any atom is -0.744 e. The van der Waals surface area contributed by atoms with Gasteiger partial charge in [-0.25, -0.2) is 25.3 Å². The Morgan fingerprint density at radius 3 is 1.70 bits per heavy atom. The van der Waals surface area contributed by atoms with E-state index in [1.807, 2.05) is 0 Å². The molecular weight excluding hydrogens is 890 g/mol. The average Bonchev–Trinajstić information content (AvgIpc) is 3.16. The number of ketones is 2. The zero-order valence-electron chi connectivity index (χ0n) is 31.9. The van der Waals surface area contributed by atoms with Crippen molar-refractivity contribution in [2.45, 2.75) is 9.79 Å². The summed E-state index contributed by atoms with van der Waals surface area (Å²) in [6, 6.07) is 18.8. The Labute approximate surface area is 413 Å². The van der Waals surface area contributed by atoms with Crippen LogP contribution in [0.2, 0.25) is 0 Å². The van der Waals surface area contributed by atoms with E-state index in [0.29, 0.717) is 23.5 Å². The molecule has 4 aromatic rings. The Morgan fingerprint density at radius 2 is 1.15 bits per heavy atom. The van der Waals surface area contributed by atoms with E-state index in [0.717, 1.165) is 18.2 Å². The average molecular weight is 913 g/mol. The number of anilines is 3. The largest absolute Gasteiger partial charge is 1.00 e. The van der Waals surface area contributed by atoms with Gasteiger partial charge in [0, 0.05) is 6.08 Å². The number of benzene rings is 4. The van der Waals surface area contributed by atoms with Crippen LogP contribution >= 0.6 is 0 Å². The number of azo groups is 2. The predicted octanol–water partition coefficient (Wildman–Crippen LogP) is -5.08. The van der Waals surface area contributed by atoms with Gasteiger partial charge in [-0.05, 0) is 84.4 Å². The molecule has 0 bridgehead atoms. The fourth-order valence-corrected chi connectivity index (χ4v) is 6.87. The van der Waals surface area contributed by atoms with Crippen molar-refractivity contribution in [3.05, 3.63) is 125 Å². The van der Waals surface area contributed by atoms with Gasteiger partial charge < -0.3 is 25.1 Å². The predicted molar refractivity (Wildman–Crippen MR) is 204 cm³/mol. The number of carbonyl (C=O) groups is 2. The zero-order valence-corrected chi connectivity index (χ0v) is 40.3. The van der Waals surface area contributed by atoms with E-state index in [2.05, 4.69) is 41.5 Å². The second-order valence-corrected chi connectivity index (χ2v) is 15.9. The molecule has 0 fully saturated rings. The number of nitrogens with two attached hydrogens (primary N) is 2. The molecule has 27 heteroatoms. The summed E-state index contributed by atoms with van der Waals surface area (Å²) < 4.78 is 107. The summed E-state index contributed by atoms with van der Waals surface area (Å²) in [5, 5.41) is 23.6. The first kappa shape index (κ1) is 51.3. The van der Waals surface area contributed by atoms with E-state index in [1.165, 1.54) is 54.6 Å². The third kappa shape index (κ3) is 12.5. The van der Waals surface area contributed by atoms with Crippen LogP contribution in [-0.2, 0) is 35.1 Å². The van der Waals surface area contributed by atoms with Gasteiger partial charge in [0.25, 0.3) is 0 Å². The SMILES string of the molecule is NC1=CC(=O)C(N=Nc2ccc(N=Nc3c(S(=O)(=O)[O-])cc4c(c3N)C(=O)C(=NNc3ccccc3)C(S(=O)(=O)[O-])=C4)cc2)=CC1=NNc1ccc(S(=O)(=O)[O-])cc1.[Na+].[Na+].[Na+]. The third-order valence-corrected chi connectivity index (χ3v) is 10.4. The van der Waals surface area contributed by atoms with Crippen LogP contribution in [0.3, 0.4) is 0 Å². The molecule has 0 saturated heterocycles. The molecule has 0 saturated carbocycles. The smallest absolute Gasteiger partial charge is 0.744 e. The van der Waals surface area contributed by atoms with Gasteiger partial charge in [-0.3, -0.25) is 20.4 Å². The molecule has 0 amide bonds. The molecule has 2 aliphatic rings. The van der Waals surface area contributed by atoms with E-state index in [-0.39, 0.29) is 117 Å². The van der Waals surface area contributed by atoms with Crippen LogP contribution in [0.4, 0.5) is 34.1 Å². The first-order chi connectivity index (χ1) is 27.3. The number of rotatable bonds is 11. The van der Waals surface area contributed by atoms with Crippen molar-refractivity contribution in [2.75, 3.05) is 16.6 Å². The number of para-hydroxylation sites is 1. The van der Waals surface area contributed by atoms with Crippen molar-refractivity contribution in [3.63, 3.8) is 0 Å². The number of allylic oxidation sites excluding steroid dienone is 3. The quantitative estimate of drug-likeness (QED) is 0.0273. The molecule has 0 radical (unpaired) electrons. The van der Waals surface area contributed by atoms with Crippen molar-refractivity contribution in [2.24, 2.45) is 36.4 Å². The van der Waals surface area contributed by atoms with Crippen molar-refractivity contribution in [3.8, 4) is 0 Å². The number of nitrogens with zero attached hydrogens (tertiary/aromatic N) is 6. The summed E-state index contributed by atoms with van der Waals surface area (Å²) in [5.74, 6) is -1.80. The number of nitrogen functional groups attached to an aromatic ring is 1. The summed E-state index contributed by atoms with van der Waals surface area (Å²) in [6.07, 6.45) is 2.96. The van der Waals surface area contributed by atoms with Gasteiger partial charge in [0.15, 0.2) is 0 Å². The van der Waals surface area contributed by atoms with Crippen molar-refractivity contribution < 1.29 is 137 Å². The fourth-order valence-electron chi connectivity index (χ4n) is 5.09. The van der Waals surface area contributed by atoms with Gasteiger partial charge in [-0.2, -0.15) is 20.4 Å². The Kier molecular flexibility index (Phi) is 17.5. The molecule has 4 aromatic carbocycles. The van der Waals surface area contributed by atoms with Gasteiger partial charge in [-0.15, -0.1) is 10.2 Å². The second kappa shape index (κ2) is 20.9. The van der Waals surface area contributed by atoms with Gasteiger partial charge in [0.05, 0.1) is 54.4 Å². The number of hydrogen-bond donors (Lipinski definition) is 4. The van der Waals surface area contributed by atoms with Crippen LogP contribution in [0.15, 0.2) is 154 Å². The first-order valence-electron chi connectivity index (χ1n) is 15.9. The van der Waals surface area contributed by atoms with E-state index < -0.39 is 84.8 Å². The van der Waals surface area contributed by atoms with Crippen LogP contribution < -0.4 is 111 Å². The normalized spacial score (nSPS) is 15.6. The van der Waals surface area contributed by atoms with E-state index in [4.69, 9.17) is 11.5 Å². The first-order valence-corrected chi connectivity index (χ1v) is 20.1. The Hall–Kier alpha value is -4.09. The molecule has 61 heavy (non-hydrogen) atoms. The number of carbonyl (C=O) groups excluding carboxylic acids is 2. The summed E-state index contributed by atoms with van der Waals surface area (Å²) in [5.41, 5.74) is 14.7. The summed E-state index contributed by atoms with van der Waals surface area (Å²) in [7, 11) is -15.4. The minimum atomic E-state index is -5.39. The maximum atomic E-state index is 13.6. The van der Waals surface area contributed by atoms with Crippen molar-refractivity contribution >= 4 is 93.5 Å². The van der Waals surface area contributed by atoms with Crippen molar-refractivity contribution in [1.29, 1.82) is 0 Å². The molecule has 6 rings (SSSR count). The molecule has 0 spiro atoms. The Bertz CT molecular complexity index is 2960. The molecule has 0 atom stereocenters. The molecular formula is C34H23N10Na3O11S3. The molecule has 0 aliphatic heterocycles. The van der Waals surface area contributed by atoms with E-state index >= 15 is 0 Å². The number of nitrogens with one attached hydrogen (secondary N) is 2. The van der Waals surface area contributed by atoms with Gasteiger partial charge >= 0.3 is 88.7 Å². The standard InChI is InChI=1S/C34H26N10O11S3.3Na/c35-24-16-27(45)26(17-25(24)41-37-22-10-12-23(13-11-22)56(47,48)49)42-38-20-6-8-21(9-7-20)40-43-32-28(57(50,51)52)14-18-15-29(58(53,54)55)33(34(46)30(18)31(32)36)44-39-19-4-2-1-3-5-19;;;/h1-17,37,39H,35-36H2,(H,47,48,49)(H,50,51,52)(H,53,54,55);;;/q;3*+1/p-3. The van der Waals surface area contributed by atoms with Crippen LogP contribution in [-0.4, -0.2) is 61.9 Å². The van der Waals surface area contributed by atoms with Crippen LogP contribution in [0.25, 0.3) is 6.08 Å². The Balaban J connectivity index is 0.00000331. The van der Waals surface area contributed by atoms with Crippen LogP contribution in [0.5, 0.6) is 0 Å². The molecule has 0 heterocycles. The Morgan fingerprint density at radius 1 is 0.590 bits per heavy atom. The zero-order chi connectivity index (χ0) is 42.0. The van der Waals surface area contributed by atoms with Crippen molar-refractivity contribution in [1.82, 2.24) is 0 Å². The summed E-state index contributed by atoms with van der Waals surface area (Å²) in [6.45, 7) is 0. The fraction of sp³-hybridized carbons (Fsp3) is 0. The minimum absolute atomic E-state index is 0. The van der Waals surface area contributed by atoms with Gasteiger partial charge in [-0.1, -0.05) is 18.2 Å². The maximum absolute atomic E-state index is 13.6. The summed E-state index contributed by atoms with van der Waals surface area (Å²) >= 11 is 0. The van der Waals surface area contributed by atoms with Crippen LogP contribution in [0, 0.1) is 0 Å². The monoisotopic (exact) mass is 912 g/mol. The van der Waals surface area contributed by atoms with E-state index in [1.54, 1.807) is 18.2 Å². The summed E-state index contributed by atoms with van der Waals surface area (Å²) in [4.78, 5) is 23.5. The molecule has 21 nitrogen and oxygen atoms in total. The molecule has 6 N–H and O–H groups in total. The maximum Gasteiger partial charge on any atom is 1.00 e.